The van der Waals surface area contributed by atoms with Gasteiger partial charge in [-0.1, -0.05) is 0 Å². The predicted octanol–water partition coefficient (Wildman–Crippen LogP) is -1.14. The first-order valence-electron chi connectivity index (χ1n) is 0. The molecule has 24 valence electrons. The van der Waals surface area contributed by atoms with Gasteiger partial charge in [0.05, 0.1) is 0 Å². The minimum absolute atomic E-state index is 0. The van der Waals surface area contributed by atoms with Crippen molar-refractivity contribution in [2.24, 2.45) is 0 Å². The van der Waals surface area contributed by atoms with Crippen LogP contribution in [0.15, 0.2) is 0 Å². The average molecular weight is 474 g/mol. The van der Waals surface area contributed by atoms with E-state index >= 15 is 0 Å². The van der Waals surface area contributed by atoms with Gasteiger partial charge in [0.25, 0.3) is 0 Å². The van der Waals surface area contributed by atoms with Gasteiger partial charge in [-0.05, 0) is 0 Å². The molecule has 0 bridgehead atoms. The van der Waals surface area contributed by atoms with Crippen LogP contribution in [0.5, 0.6) is 0 Å². The maximum Gasteiger partial charge on any atom is 4.00 e. The minimum atomic E-state index is 0. The molecular formula is Te3Zr-2. The van der Waals surface area contributed by atoms with Crippen LogP contribution in [0.2, 0.25) is 0 Å². The van der Waals surface area contributed by atoms with Gasteiger partial charge in [0.2, 0.25) is 0 Å². The average Bonchev–Trinajstić information content (AvgIpc) is 0. The van der Waals surface area contributed by atoms with Crippen LogP contribution in [-0.4, -0.2) is 71.0 Å². The first-order valence-corrected chi connectivity index (χ1v) is 0. The smallest absolute Gasteiger partial charge is 2.00 e. The SMILES string of the molecule is [Te-2].[Te-2].[Te-2].[Zr+4]. The molecule has 0 fully saturated rings. The molecule has 0 radical (unpaired) electrons. The second kappa shape index (κ2) is 16.3. The van der Waals surface area contributed by atoms with Crippen LogP contribution in [0.25, 0.3) is 0 Å². The van der Waals surface area contributed by atoms with Crippen molar-refractivity contribution in [2.75, 3.05) is 0 Å². The molecule has 0 aromatic heterocycles. The van der Waals surface area contributed by atoms with Crippen molar-refractivity contribution in [2.45, 2.75) is 0 Å². The van der Waals surface area contributed by atoms with Crippen molar-refractivity contribution in [3.8, 4) is 0 Å². The zero-order valence-electron chi connectivity index (χ0n) is 1.72. The first kappa shape index (κ1) is 26.8. The summed E-state index contributed by atoms with van der Waals surface area (Å²) in [5.41, 5.74) is 0. The Kier molecular flexibility index (Phi) is 109. The molecule has 0 aromatic rings. The summed E-state index contributed by atoms with van der Waals surface area (Å²) in [7, 11) is 0. The van der Waals surface area contributed by atoms with E-state index in [0.29, 0.717) is 0 Å². The van der Waals surface area contributed by atoms with Crippen molar-refractivity contribution >= 4 is 71.0 Å². The van der Waals surface area contributed by atoms with Gasteiger partial charge in [-0.3, -0.25) is 0 Å². The Labute approximate surface area is 95.2 Å². The van der Waals surface area contributed by atoms with E-state index in [1.54, 1.807) is 0 Å². The zero-order valence-corrected chi connectivity index (χ0v) is 11.2. The number of hydrogen-bond donors (Lipinski definition) is 0. The van der Waals surface area contributed by atoms with Crippen molar-refractivity contribution in [1.82, 2.24) is 0 Å². The molecule has 0 atom stereocenters. The molecule has 0 aromatic carbocycles. The predicted molar refractivity (Wildman–Crippen MR) is 17.3 cm³/mol. The summed E-state index contributed by atoms with van der Waals surface area (Å²) in [5.74, 6) is 0. The molecule has 4 heteroatoms. The third kappa shape index (κ3) is 8.98. The van der Waals surface area contributed by atoms with Crippen LogP contribution in [0, 0.1) is 0 Å². The van der Waals surface area contributed by atoms with Gasteiger partial charge in [-0.25, -0.2) is 0 Å². The van der Waals surface area contributed by atoms with Gasteiger partial charge in [0, 0.05) is 0 Å². The molecule has 0 aliphatic rings. The standard InChI is InChI=1S/3Te.Zr/q3*-2;+4. The van der Waals surface area contributed by atoms with Gasteiger partial charge in [-0.15, -0.1) is 0 Å². The molecule has 0 saturated heterocycles. The maximum atomic E-state index is 0. The molecule has 0 amide bonds. The fourth-order valence-electron chi connectivity index (χ4n) is 0. The Bertz CT molecular complexity index is 3.25. The van der Waals surface area contributed by atoms with E-state index in [-0.39, 0.29) is 97.2 Å². The second-order valence-corrected chi connectivity index (χ2v) is 0. The Morgan fingerprint density at radius 1 is 0.500 bits per heavy atom. The Morgan fingerprint density at radius 3 is 0.500 bits per heavy atom. The third-order valence-electron chi connectivity index (χ3n) is 0. The van der Waals surface area contributed by atoms with Gasteiger partial charge in [0.15, 0.2) is 0 Å². The van der Waals surface area contributed by atoms with Crippen LogP contribution in [-0.2, 0) is 26.2 Å². The van der Waals surface area contributed by atoms with E-state index in [4.69, 9.17) is 0 Å². The fourth-order valence-corrected chi connectivity index (χ4v) is 0. The van der Waals surface area contributed by atoms with Crippen LogP contribution in [0.3, 0.4) is 0 Å². The quantitative estimate of drug-likeness (QED) is 0.390. The van der Waals surface area contributed by atoms with Crippen LogP contribution >= 0.6 is 0 Å². The Morgan fingerprint density at radius 2 is 0.500 bits per heavy atom. The third-order valence-corrected chi connectivity index (χ3v) is 0. The zero-order chi connectivity index (χ0) is 0. The van der Waals surface area contributed by atoms with Gasteiger partial charge >= 0.3 is 26.2 Å². The molecular weight excluding hydrogens is 474 g/mol. The van der Waals surface area contributed by atoms with Gasteiger partial charge in [-0.2, -0.15) is 0 Å². The molecule has 0 aliphatic heterocycles. The minimum Gasteiger partial charge on any atom is -2.00 e. The monoisotopic (exact) mass is 480 g/mol. The van der Waals surface area contributed by atoms with E-state index in [0.717, 1.165) is 0 Å². The van der Waals surface area contributed by atoms with Crippen LogP contribution < -0.4 is 0 Å². The van der Waals surface area contributed by atoms with E-state index in [2.05, 4.69) is 0 Å². The molecule has 4 heavy (non-hydrogen) atoms. The summed E-state index contributed by atoms with van der Waals surface area (Å²) in [6.07, 6.45) is 0. The second-order valence-electron chi connectivity index (χ2n) is 0. The summed E-state index contributed by atoms with van der Waals surface area (Å²) >= 11 is 0. The first-order chi connectivity index (χ1) is 0. The van der Waals surface area contributed by atoms with Crippen molar-refractivity contribution in [1.29, 1.82) is 0 Å². The Hall–Kier alpha value is 3.25. The summed E-state index contributed by atoms with van der Waals surface area (Å²) < 4.78 is 0. The maximum absolute atomic E-state index is 0. The van der Waals surface area contributed by atoms with Crippen LogP contribution in [0.4, 0.5) is 0 Å². The van der Waals surface area contributed by atoms with Crippen LogP contribution in [0.1, 0.15) is 0 Å². The summed E-state index contributed by atoms with van der Waals surface area (Å²) in [6.45, 7) is 0. The van der Waals surface area contributed by atoms with Crippen molar-refractivity contribution in [3.05, 3.63) is 0 Å². The molecule has 0 unspecified atom stereocenters. The Balaban J connectivity index is 0. The molecule has 0 spiro atoms. The molecule has 0 nitrogen and oxygen atoms in total. The topological polar surface area (TPSA) is 0 Å². The summed E-state index contributed by atoms with van der Waals surface area (Å²) in [6, 6.07) is 0. The van der Waals surface area contributed by atoms with Gasteiger partial charge in [0.1, 0.15) is 0 Å². The molecule has 0 heterocycles. The van der Waals surface area contributed by atoms with E-state index < -0.39 is 0 Å². The normalized spacial score (nSPS) is 0. The molecule has 0 N–H and O–H groups in total. The summed E-state index contributed by atoms with van der Waals surface area (Å²) in [4.78, 5) is 0. The van der Waals surface area contributed by atoms with E-state index in [1.165, 1.54) is 0 Å². The number of hydrogen-bond acceptors (Lipinski definition) is 0. The largest absolute Gasteiger partial charge is 4.00 e. The van der Waals surface area contributed by atoms with Crippen molar-refractivity contribution < 1.29 is 26.2 Å². The molecule has 0 aliphatic carbocycles. The summed E-state index contributed by atoms with van der Waals surface area (Å²) in [5, 5.41) is 0. The van der Waals surface area contributed by atoms with E-state index in [1.807, 2.05) is 0 Å². The number of rotatable bonds is 0. The molecule has 0 rings (SSSR count). The van der Waals surface area contributed by atoms with Gasteiger partial charge < -0.3 is 71.0 Å². The van der Waals surface area contributed by atoms with E-state index in [9.17, 15) is 0 Å². The van der Waals surface area contributed by atoms with Crippen molar-refractivity contribution in [3.63, 3.8) is 0 Å². The fraction of sp³-hybridized carbons (Fsp3) is 0. The molecule has 0 saturated carbocycles.